The van der Waals surface area contributed by atoms with Crippen molar-refractivity contribution in [2.75, 3.05) is 0 Å². The van der Waals surface area contributed by atoms with Crippen LogP contribution in [0.5, 0.6) is 5.75 Å². The Kier molecular flexibility index (Phi) is 5.63. The summed E-state index contributed by atoms with van der Waals surface area (Å²) in [7, 11) is 0. The molecule has 1 aromatic carbocycles. The van der Waals surface area contributed by atoms with Crippen molar-refractivity contribution in [1.82, 2.24) is 0 Å². The normalized spacial score (nSPS) is 38.8. The van der Waals surface area contributed by atoms with E-state index < -0.39 is 15.5 Å². The molecular formula is C24H31N3O6. The van der Waals surface area contributed by atoms with Crippen LogP contribution in [0.3, 0.4) is 0 Å². The largest absolute Gasteiger partial charge is 0.393 e. The van der Waals surface area contributed by atoms with Crippen LogP contribution in [0, 0.1) is 55.2 Å². The average Bonchev–Trinajstić information content (AvgIpc) is 3.11. The molecule has 0 aliphatic heterocycles. The molecule has 0 aromatic heterocycles. The Hall–Kier alpha value is -2.55. The highest BCUT2D eigenvalue weighted by atomic mass is 16.7. The van der Waals surface area contributed by atoms with E-state index in [1.807, 2.05) is 0 Å². The molecule has 9 heteroatoms. The quantitative estimate of drug-likeness (QED) is 0.486. The van der Waals surface area contributed by atoms with Gasteiger partial charge in [-0.3, -0.25) is 20.2 Å². The van der Waals surface area contributed by atoms with Crippen molar-refractivity contribution < 1.29 is 19.8 Å². The lowest BCUT2D eigenvalue weighted by atomic mass is 9.50. The molecule has 9 nitrogen and oxygen atoms in total. The fourth-order valence-corrected chi connectivity index (χ4v) is 7.68. The molecule has 0 amide bonds. The van der Waals surface area contributed by atoms with Gasteiger partial charge < -0.3 is 9.94 Å². The maximum atomic E-state index is 11.3. The predicted molar refractivity (Wildman–Crippen MR) is 121 cm³/mol. The summed E-state index contributed by atoms with van der Waals surface area (Å²) in [4.78, 5) is 26.3. The topological polar surface area (TPSA) is 128 Å². The van der Waals surface area contributed by atoms with Gasteiger partial charge in [-0.15, -0.1) is 0 Å². The molecule has 4 fully saturated rings. The number of oxime groups is 1. The van der Waals surface area contributed by atoms with Crippen molar-refractivity contribution in [2.45, 2.75) is 70.8 Å². The van der Waals surface area contributed by atoms with Crippen LogP contribution in [-0.2, 0) is 0 Å². The van der Waals surface area contributed by atoms with Gasteiger partial charge in [0, 0.05) is 6.07 Å². The first-order valence-electron chi connectivity index (χ1n) is 12.1. The second-order valence-electron chi connectivity index (χ2n) is 10.7. The van der Waals surface area contributed by atoms with E-state index >= 15 is 0 Å². The first-order chi connectivity index (χ1) is 15.8. The summed E-state index contributed by atoms with van der Waals surface area (Å²) in [6, 6.07) is 3.34. The zero-order chi connectivity index (χ0) is 23.3. The molecule has 7 atom stereocenters. The molecule has 5 rings (SSSR count). The van der Waals surface area contributed by atoms with Gasteiger partial charge in [-0.25, -0.2) is 0 Å². The van der Waals surface area contributed by atoms with E-state index in [-0.39, 0.29) is 23.0 Å². The molecule has 0 spiro atoms. The lowest BCUT2D eigenvalue weighted by Gasteiger charge is -2.55. The number of nitrogens with zero attached hydrogens (tertiary/aromatic N) is 3. The third-order valence-electron chi connectivity index (χ3n) is 9.36. The fourth-order valence-electron chi connectivity index (χ4n) is 7.68. The highest BCUT2D eigenvalue weighted by Gasteiger charge is 2.56. The first-order valence-corrected chi connectivity index (χ1v) is 12.1. The number of fused-ring (bicyclic) bond motifs is 5. The zero-order valence-electron chi connectivity index (χ0n) is 18.9. The van der Waals surface area contributed by atoms with Crippen LogP contribution in [0.1, 0.15) is 64.7 Å². The molecule has 4 saturated carbocycles. The molecule has 0 saturated heterocycles. The first kappa shape index (κ1) is 22.3. The molecule has 0 heterocycles. The Morgan fingerprint density at radius 2 is 1.85 bits per heavy atom. The summed E-state index contributed by atoms with van der Waals surface area (Å²) in [5.41, 5.74) is 0.214. The Balaban J connectivity index is 1.27. The molecular weight excluding hydrogens is 426 g/mol. The second kappa shape index (κ2) is 8.34. The number of aliphatic hydroxyl groups excluding tert-OH is 1. The maximum absolute atomic E-state index is 11.3. The number of hydrogen-bond donors (Lipinski definition) is 1. The highest BCUT2D eigenvalue weighted by molar-refractivity contribution is 5.85. The van der Waals surface area contributed by atoms with Gasteiger partial charge >= 0.3 is 5.69 Å². The fraction of sp³-hybridized carbons (Fsp3) is 0.708. The van der Waals surface area contributed by atoms with Crippen LogP contribution in [0.2, 0.25) is 0 Å². The molecule has 0 radical (unpaired) electrons. The maximum Gasteiger partial charge on any atom is 0.321 e. The van der Waals surface area contributed by atoms with E-state index in [1.165, 1.54) is 25.0 Å². The summed E-state index contributed by atoms with van der Waals surface area (Å²) in [6.45, 7) is 2.30. The monoisotopic (exact) mass is 457 g/mol. The Labute approximate surface area is 192 Å². The Morgan fingerprint density at radius 3 is 2.61 bits per heavy atom. The van der Waals surface area contributed by atoms with Gasteiger partial charge in [-0.2, -0.15) is 0 Å². The van der Waals surface area contributed by atoms with Gasteiger partial charge in [0.1, 0.15) is 0 Å². The number of hydrogen-bond acceptors (Lipinski definition) is 7. The van der Waals surface area contributed by atoms with E-state index in [0.29, 0.717) is 17.8 Å². The minimum Gasteiger partial charge on any atom is -0.393 e. The number of benzene rings is 1. The van der Waals surface area contributed by atoms with Crippen molar-refractivity contribution in [1.29, 1.82) is 0 Å². The highest BCUT2D eigenvalue weighted by Crippen LogP contribution is 2.62. The molecule has 33 heavy (non-hydrogen) atoms. The molecule has 4 aliphatic carbocycles. The van der Waals surface area contributed by atoms with E-state index in [2.05, 4.69) is 12.1 Å². The van der Waals surface area contributed by atoms with Crippen molar-refractivity contribution in [3.8, 4) is 5.75 Å². The van der Waals surface area contributed by atoms with Gasteiger partial charge in [0.05, 0.1) is 27.7 Å². The molecule has 4 aliphatic rings. The van der Waals surface area contributed by atoms with Crippen molar-refractivity contribution in [3.05, 3.63) is 38.4 Å². The Morgan fingerprint density at radius 1 is 1.03 bits per heavy atom. The predicted octanol–water partition coefficient (Wildman–Crippen LogP) is 5.25. The third-order valence-corrected chi connectivity index (χ3v) is 9.36. The minimum absolute atomic E-state index is 0.0738. The van der Waals surface area contributed by atoms with Crippen LogP contribution >= 0.6 is 0 Å². The van der Waals surface area contributed by atoms with Crippen LogP contribution in [-0.4, -0.2) is 26.8 Å². The summed E-state index contributed by atoms with van der Waals surface area (Å²) in [5.74, 6) is 3.26. The van der Waals surface area contributed by atoms with Crippen LogP contribution in [0.15, 0.2) is 23.4 Å². The lowest BCUT2D eigenvalue weighted by Crippen LogP contribution is -2.49. The van der Waals surface area contributed by atoms with E-state index in [4.69, 9.17) is 4.84 Å². The molecule has 1 aromatic rings. The summed E-state index contributed by atoms with van der Waals surface area (Å²) in [5, 5.41) is 37.1. The molecule has 178 valence electrons. The van der Waals surface area contributed by atoms with Crippen molar-refractivity contribution in [2.24, 2.45) is 40.2 Å². The van der Waals surface area contributed by atoms with Gasteiger partial charge in [0.2, 0.25) is 5.75 Å². The smallest absolute Gasteiger partial charge is 0.321 e. The number of non-ortho nitro benzene ring substituents is 1. The average molecular weight is 458 g/mol. The second-order valence-corrected chi connectivity index (χ2v) is 10.7. The zero-order valence-corrected chi connectivity index (χ0v) is 18.9. The van der Waals surface area contributed by atoms with Gasteiger partial charge in [-0.05, 0) is 98.9 Å². The van der Waals surface area contributed by atoms with Crippen LogP contribution < -0.4 is 4.84 Å². The van der Waals surface area contributed by atoms with E-state index in [0.717, 1.165) is 68.6 Å². The van der Waals surface area contributed by atoms with E-state index in [9.17, 15) is 25.3 Å². The minimum atomic E-state index is -0.683. The standard InChI is InChI=1S/C24H31N3O6/c1-24-11-10-18-17-6-3-15(12-14(17)2-5-19(18)20(24)7-9-23(24)28)25-33-22-8-4-16(26(29)30)13-21(22)27(31)32/h4,8,13-14,17-20,23,28H,2-3,5-7,9-12H2,1H3/b25-15-/t14?,17?,18?,19?,20?,23-,24?/m0/s1. The summed E-state index contributed by atoms with van der Waals surface area (Å²) in [6.07, 6.45) is 9.37. The van der Waals surface area contributed by atoms with E-state index in [1.54, 1.807) is 0 Å². The van der Waals surface area contributed by atoms with Crippen LogP contribution in [0.4, 0.5) is 11.4 Å². The number of rotatable bonds is 4. The third kappa shape index (κ3) is 3.80. The number of nitro benzene ring substituents is 2. The number of nitro groups is 2. The summed E-state index contributed by atoms with van der Waals surface area (Å²) >= 11 is 0. The summed E-state index contributed by atoms with van der Waals surface area (Å²) < 4.78 is 0. The number of aliphatic hydroxyl groups is 1. The molecule has 1 N–H and O–H groups in total. The van der Waals surface area contributed by atoms with Crippen molar-refractivity contribution in [3.63, 3.8) is 0 Å². The van der Waals surface area contributed by atoms with Gasteiger partial charge in [-0.1, -0.05) is 12.1 Å². The molecule has 0 bridgehead atoms. The Bertz CT molecular complexity index is 996. The van der Waals surface area contributed by atoms with Crippen LogP contribution in [0.25, 0.3) is 0 Å². The van der Waals surface area contributed by atoms with Gasteiger partial charge in [0.15, 0.2) is 0 Å². The lowest BCUT2D eigenvalue weighted by molar-refractivity contribution is -0.394. The SMILES string of the molecule is CC12CCC3C4CC/C(=N/Oc5ccc([N+](=O)[O-])cc5[N+](=O)[O-])CC4CCC3C1CC[C@@H]2O. The van der Waals surface area contributed by atoms with Crippen molar-refractivity contribution >= 4 is 17.1 Å². The van der Waals surface area contributed by atoms with Gasteiger partial charge in [0.25, 0.3) is 5.69 Å². The molecule has 6 unspecified atom stereocenters.